The van der Waals surface area contributed by atoms with Crippen molar-refractivity contribution in [3.63, 3.8) is 0 Å². The molecule has 0 unspecified atom stereocenters. The van der Waals surface area contributed by atoms with Crippen molar-refractivity contribution in [3.05, 3.63) is 50.8 Å². The summed E-state index contributed by atoms with van der Waals surface area (Å²) in [5, 5.41) is -1.77. The molecule has 0 aliphatic heterocycles. The van der Waals surface area contributed by atoms with E-state index in [9.17, 15) is 39.5 Å². The zero-order valence-electron chi connectivity index (χ0n) is 13.9. The number of hydrogen-bond acceptors (Lipinski definition) is 2. The minimum atomic E-state index is -5.28. The van der Waals surface area contributed by atoms with E-state index in [0.29, 0.717) is 6.07 Å². The summed E-state index contributed by atoms with van der Waals surface area (Å²) in [5.74, 6) is 0. The normalized spacial score (nSPS) is 13.9. The highest BCUT2D eigenvalue weighted by Gasteiger charge is 2.39. The summed E-state index contributed by atoms with van der Waals surface area (Å²) in [7, 11) is 0. The Hall–Kier alpha value is -1.95. The molecule has 2 aromatic rings. The minimum absolute atomic E-state index is 0.133. The summed E-state index contributed by atoms with van der Waals surface area (Å²) in [5.41, 5.74) is -7.08. The van der Waals surface area contributed by atoms with E-state index in [1.165, 1.54) is 6.92 Å². The average Bonchev–Trinajstić information content (AvgIpc) is 2.53. The van der Waals surface area contributed by atoms with Gasteiger partial charge in [-0.25, -0.2) is 9.98 Å². The number of nitrogens with zero attached hydrogens (tertiary/aromatic N) is 3. The monoisotopic (exact) mass is 471 g/mol. The smallest absolute Gasteiger partial charge is 0.301 e. The van der Waals surface area contributed by atoms with Gasteiger partial charge in [-0.1, -0.05) is 23.2 Å². The van der Waals surface area contributed by atoms with E-state index < -0.39 is 56.8 Å². The van der Waals surface area contributed by atoms with Crippen LogP contribution in [0.2, 0.25) is 10.2 Å². The number of aromatic nitrogens is 2. The average molecular weight is 472 g/mol. The van der Waals surface area contributed by atoms with E-state index >= 15 is 0 Å². The van der Waals surface area contributed by atoms with Crippen LogP contribution in [0.3, 0.4) is 0 Å². The topological polar surface area (TPSA) is 30.2 Å². The maximum absolute atomic E-state index is 13.1. The van der Waals surface area contributed by atoms with Crippen molar-refractivity contribution in [3.8, 4) is 0 Å². The third-order valence-corrected chi connectivity index (χ3v) is 4.20. The highest BCUT2D eigenvalue weighted by molar-refractivity contribution is 6.33. The summed E-state index contributed by atoms with van der Waals surface area (Å²) < 4.78 is 118. The van der Waals surface area contributed by atoms with Crippen LogP contribution in [0.15, 0.2) is 23.2 Å². The predicted octanol–water partition coefficient (Wildman–Crippen LogP) is 6.50. The van der Waals surface area contributed by atoms with Crippen molar-refractivity contribution < 1.29 is 39.5 Å². The van der Waals surface area contributed by atoms with Gasteiger partial charge in [0, 0.05) is 12.6 Å². The van der Waals surface area contributed by atoms with Gasteiger partial charge in [0.05, 0.1) is 21.8 Å². The molecule has 3 nitrogen and oxygen atoms in total. The molecule has 0 spiro atoms. The lowest BCUT2D eigenvalue weighted by Crippen LogP contribution is -2.28. The van der Waals surface area contributed by atoms with Crippen LogP contribution in [-0.2, 0) is 25.1 Å². The molecule has 0 atom stereocenters. The van der Waals surface area contributed by atoms with Crippen molar-refractivity contribution in [2.75, 3.05) is 0 Å². The van der Waals surface area contributed by atoms with Gasteiger partial charge in [0.25, 0.3) is 0 Å². The van der Waals surface area contributed by atoms with E-state index in [-0.39, 0.29) is 18.7 Å². The molecule has 0 aliphatic carbocycles. The van der Waals surface area contributed by atoms with E-state index in [4.69, 9.17) is 23.2 Å². The predicted molar refractivity (Wildman–Crippen MR) is 84.6 cm³/mol. The number of hydrogen-bond donors (Lipinski definition) is 0. The molecule has 0 radical (unpaired) electrons. The van der Waals surface area contributed by atoms with Crippen LogP contribution in [0.4, 0.5) is 45.2 Å². The van der Waals surface area contributed by atoms with Gasteiger partial charge in [-0.2, -0.15) is 39.5 Å². The second-order valence-corrected chi connectivity index (χ2v) is 6.24. The van der Waals surface area contributed by atoms with Gasteiger partial charge in [-0.15, -0.1) is 0 Å². The standard InChI is InChI=1S/C15H8Cl2F9N3/c1-2-29-10(16)5-9(15(24,25)26)28-12(29)27-8-4-6(13(18,19)20)3-7(11(8)17)14(21,22)23/h3-5H,2H2,1H3. The Morgan fingerprint density at radius 2 is 1.48 bits per heavy atom. The molecular weight excluding hydrogens is 464 g/mol. The van der Waals surface area contributed by atoms with E-state index in [1.54, 1.807) is 0 Å². The molecule has 0 saturated heterocycles. The fourth-order valence-corrected chi connectivity index (χ4v) is 2.73. The van der Waals surface area contributed by atoms with Crippen molar-refractivity contribution in [1.29, 1.82) is 0 Å². The lowest BCUT2D eigenvalue weighted by Gasteiger charge is -2.15. The Labute approximate surface area is 166 Å². The molecule has 14 heteroatoms. The highest BCUT2D eigenvalue weighted by atomic mass is 35.5. The van der Waals surface area contributed by atoms with Crippen LogP contribution < -0.4 is 5.62 Å². The summed E-state index contributed by atoms with van der Waals surface area (Å²) >= 11 is 11.3. The Bertz CT molecular complexity index is 989. The van der Waals surface area contributed by atoms with Crippen molar-refractivity contribution >= 4 is 28.9 Å². The van der Waals surface area contributed by atoms with Crippen LogP contribution in [-0.4, -0.2) is 9.55 Å². The second kappa shape index (κ2) is 7.71. The third kappa shape index (κ3) is 5.16. The van der Waals surface area contributed by atoms with E-state index in [2.05, 4.69) is 9.98 Å². The van der Waals surface area contributed by atoms with Crippen LogP contribution in [0.25, 0.3) is 0 Å². The molecule has 1 aromatic carbocycles. The van der Waals surface area contributed by atoms with Crippen LogP contribution in [0.5, 0.6) is 0 Å². The number of halogens is 11. The number of alkyl halides is 9. The van der Waals surface area contributed by atoms with Crippen molar-refractivity contribution in [1.82, 2.24) is 9.55 Å². The highest BCUT2D eigenvalue weighted by Crippen LogP contribution is 2.43. The lowest BCUT2D eigenvalue weighted by molar-refractivity contribution is -0.143. The molecular formula is C15H8Cl2F9N3. The molecule has 160 valence electrons. The van der Waals surface area contributed by atoms with Gasteiger partial charge >= 0.3 is 18.5 Å². The molecule has 0 aliphatic rings. The van der Waals surface area contributed by atoms with Crippen molar-refractivity contribution in [2.45, 2.75) is 32.0 Å². The maximum Gasteiger partial charge on any atom is 0.433 e. The summed E-state index contributed by atoms with van der Waals surface area (Å²) in [6.07, 6.45) is -15.5. The first kappa shape index (κ1) is 23.3. The van der Waals surface area contributed by atoms with E-state index in [0.717, 1.165) is 4.57 Å². The zero-order chi connectivity index (χ0) is 22.4. The fourth-order valence-electron chi connectivity index (χ4n) is 2.18. The van der Waals surface area contributed by atoms with Gasteiger partial charge in [0.15, 0.2) is 5.69 Å². The molecule has 0 amide bonds. The Balaban J connectivity index is 2.92. The van der Waals surface area contributed by atoms with Gasteiger partial charge in [-0.3, -0.25) is 0 Å². The van der Waals surface area contributed by atoms with Crippen LogP contribution >= 0.6 is 23.2 Å². The molecule has 1 aromatic heterocycles. The third-order valence-electron chi connectivity index (χ3n) is 3.49. The molecule has 0 fully saturated rings. The van der Waals surface area contributed by atoms with Crippen LogP contribution in [0.1, 0.15) is 23.7 Å². The summed E-state index contributed by atoms with van der Waals surface area (Å²) in [6, 6.07) is 0.397. The quantitative estimate of drug-likeness (QED) is 0.363. The fraction of sp³-hybridized carbons (Fsp3) is 0.333. The van der Waals surface area contributed by atoms with Crippen LogP contribution in [0, 0.1) is 0 Å². The first-order valence-corrected chi connectivity index (χ1v) is 8.18. The minimum Gasteiger partial charge on any atom is -0.301 e. The van der Waals surface area contributed by atoms with E-state index in [1.807, 2.05) is 0 Å². The molecule has 0 saturated carbocycles. The molecule has 29 heavy (non-hydrogen) atoms. The largest absolute Gasteiger partial charge is 0.433 e. The number of rotatable bonds is 2. The Morgan fingerprint density at radius 1 is 0.897 bits per heavy atom. The molecule has 0 N–H and O–H groups in total. The molecule has 1 heterocycles. The maximum atomic E-state index is 13.1. The number of benzene rings is 1. The van der Waals surface area contributed by atoms with Gasteiger partial charge in [0.2, 0.25) is 5.62 Å². The first-order chi connectivity index (χ1) is 13.1. The molecule has 2 rings (SSSR count). The zero-order valence-corrected chi connectivity index (χ0v) is 15.5. The summed E-state index contributed by atoms with van der Waals surface area (Å²) in [6.45, 7) is 1.26. The van der Waals surface area contributed by atoms with Gasteiger partial charge < -0.3 is 4.57 Å². The molecule has 0 bridgehead atoms. The second-order valence-electron chi connectivity index (χ2n) is 5.47. The van der Waals surface area contributed by atoms with Crippen molar-refractivity contribution in [2.24, 2.45) is 4.99 Å². The summed E-state index contributed by atoms with van der Waals surface area (Å²) in [4.78, 5) is 6.59. The SMILES string of the molecule is CCn1c(Cl)cc(C(F)(F)F)nc1=Nc1cc(C(F)(F)F)cc(C(F)(F)F)c1Cl. The van der Waals surface area contributed by atoms with Gasteiger partial charge in [0.1, 0.15) is 5.15 Å². The lowest BCUT2D eigenvalue weighted by atomic mass is 10.1. The Kier molecular flexibility index (Phi) is 6.20. The first-order valence-electron chi connectivity index (χ1n) is 7.43. The van der Waals surface area contributed by atoms with Gasteiger partial charge in [-0.05, 0) is 19.1 Å². The Morgan fingerprint density at radius 3 is 1.93 bits per heavy atom.